The zero-order valence-corrected chi connectivity index (χ0v) is 19.5. The van der Waals surface area contributed by atoms with Crippen molar-refractivity contribution >= 4 is 46.6 Å². The van der Waals surface area contributed by atoms with E-state index in [9.17, 15) is 14.9 Å². The van der Waals surface area contributed by atoms with E-state index in [0.717, 1.165) is 37.6 Å². The summed E-state index contributed by atoms with van der Waals surface area (Å²) >= 11 is 7.32. The number of carbonyl (C=O) groups excluding carboxylic acids is 1. The lowest BCUT2D eigenvalue weighted by molar-refractivity contribution is -0.384. The van der Waals surface area contributed by atoms with Gasteiger partial charge in [0.1, 0.15) is 5.76 Å². The van der Waals surface area contributed by atoms with Gasteiger partial charge in [0.2, 0.25) is 11.9 Å². The number of hydrogen-bond acceptors (Lipinski definition) is 8. The van der Waals surface area contributed by atoms with Gasteiger partial charge in [0.15, 0.2) is 5.16 Å². The number of anilines is 2. The van der Waals surface area contributed by atoms with Gasteiger partial charge in [0, 0.05) is 25.2 Å². The normalized spacial score (nSPS) is 14.4. The van der Waals surface area contributed by atoms with Crippen molar-refractivity contribution in [2.45, 2.75) is 31.5 Å². The Labute approximate surface area is 199 Å². The van der Waals surface area contributed by atoms with E-state index in [1.54, 1.807) is 6.26 Å². The molecule has 33 heavy (non-hydrogen) atoms. The van der Waals surface area contributed by atoms with Crippen molar-refractivity contribution in [1.29, 1.82) is 0 Å². The number of rotatable bonds is 8. The monoisotopic (exact) mass is 490 g/mol. The average molecular weight is 491 g/mol. The molecule has 174 valence electrons. The zero-order valence-electron chi connectivity index (χ0n) is 17.9. The van der Waals surface area contributed by atoms with E-state index in [-0.39, 0.29) is 22.4 Å². The molecular formula is C21H23ClN6O4S. The van der Waals surface area contributed by atoms with Gasteiger partial charge in [-0.3, -0.25) is 19.5 Å². The fourth-order valence-corrected chi connectivity index (χ4v) is 4.52. The molecule has 0 unspecified atom stereocenters. The number of piperidine rings is 1. The van der Waals surface area contributed by atoms with Crippen LogP contribution in [0.5, 0.6) is 0 Å². The van der Waals surface area contributed by atoms with E-state index < -0.39 is 4.92 Å². The molecule has 1 aromatic carbocycles. The minimum absolute atomic E-state index is 0.0701. The largest absolute Gasteiger partial charge is 0.467 e. The first kappa shape index (κ1) is 23.1. The van der Waals surface area contributed by atoms with Crippen LogP contribution in [0.2, 0.25) is 5.02 Å². The maximum absolute atomic E-state index is 12.5. The first-order valence-corrected chi connectivity index (χ1v) is 11.8. The highest BCUT2D eigenvalue weighted by atomic mass is 35.5. The number of amides is 1. The number of halogens is 1. The lowest BCUT2D eigenvalue weighted by Crippen LogP contribution is -2.35. The highest BCUT2D eigenvalue weighted by Crippen LogP contribution is 2.29. The fourth-order valence-electron chi connectivity index (χ4n) is 3.56. The third-order valence-electron chi connectivity index (χ3n) is 5.43. The van der Waals surface area contributed by atoms with E-state index in [1.807, 2.05) is 16.7 Å². The summed E-state index contributed by atoms with van der Waals surface area (Å²) in [6.07, 6.45) is 3.80. The van der Waals surface area contributed by atoms with Gasteiger partial charge in [-0.2, -0.15) is 0 Å². The molecule has 1 amide bonds. The van der Waals surface area contributed by atoms with Gasteiger partial charge in [-0.25, -0.2) is 0 Å². The Bertz CT molecular complexity index is 1130. The van der Waals surface area contributed by atoms with Crippen LogP contribution in [0.3, 0.4) is 0 Å². The van der Waals surface area contributed by atoms with Crippen LogP contribution in [0.4, 0.5) is 17.3 Å². The Morgan fingerprint density at radius 1 is 1.33 bits per heavy atom. The van der Waals surface area contributed by atoms with Crippen molar-refractivity contribution in [1.82, 2.24) is 14.8 Å². The maximum Gasteiger partial charge on any atom is 0.271 e. The summed E-state index contributed by atoms with van der Waals surface area (Å²) in [5.41, 5.74) is 0.172. The van der Waals surface area contributed by atoms with Crippen molar-refractivity contribution in [2.24, 2.45) is 5.92 Å². The van der Waals surface area contributed by atoms with Gasteiger partial charge in [0.25, 0.3) is 5.69 Å². The van der Waals surface area contributed by atoms with E-state index in [2.05, 4.69) is 27.3 Å². The van der Waals surface area contributed by atoms with Crippen LogP contribution in [0.25, 0.3) is 0 Å². The summed E-state index contributed by atoms with van der Waals surface area (Å²) in [7, 11) is 0. The van der Waals surface area contributed by atoms with Gasteiger partial charge in [0.05, 0.1) is 34.2 Å². The minimum atomic E-state index is -0.542. The average Bonchev–Trinajstić information content (AvgIpc) is 3.45. The zero-order chi connectivity index (χ0) is 23.4. The minimum Gasteiger partial charge on any atom is -0.467 e. The van der Waals surface area contributed by atoms with Gasteiger partial charge in [-0.1, -0.05) is 30.3 Å². The molecule has 1 N–H and O–H groups in total. The molecule has 0 aliphatic carbocycles. The number of furan rings is 1. The molecule has 1 aliphatic rings. The van der Waals surface area contributed by atoms with Gasteiger partial charge in [-0.05, 0) is 37.0 Å². The molecule has 3 heterocycles. The molecule has 0 bridgehead atoms. The molecule has 3 aromatic rings. The van der Waals surface area contributed by atoms with Crippen LogP contribution in [-0.2, 0) is 11.3 Å². The number of aromatic nitrogens is 3. The first-order chi connectivity index (χ1) is 15.9. The molecule has 0 spiro atoms. The third kappa shape index (κ3) is 5.66. The number of thioether (sulfide) groups is 1. The Balaban J connectivity index is 1.46. The lowest BCUT2D eigenvalue weighted by Gasteiger charge is -2.31. The fraction of sp³-hybridized carbons (Fsp3) is 0.381. The van der Waals surface area contributed by atoms with E-state index >= 15 is 0 Å². The molecule has 4 rings (SSSR count). The second kappa shape index (κ2) is 10.3. The van der Waals surface area contributed by atoms with Crippen molar-refractivity contribution < 1.29 is 14.1 Å². The molecule has 2 aromatic heterocycles. The van der Waals surface area contributed by atoms with Crippen molar-refractivity contribution in [3.63, 3.8) is 0 Å². The van der Waals surface area contributed by atoms with Crippen LogP contribution >= 0.6 is 23.4 Å². The number of nitro groups is 1. The maximum atomic E-state index is 12.5. The van der Waals surface area contributed by atoms with Crippen molar-refractivity contribution in [3.8, 4) is 0 Å². The number of carbonyl (C=O) groups is 1. The lowest BCUT2D eigenvalue weighted by atomic mass is 10.00. The number of nitro benzene ring substituents is 1. The van der Waals surface area contributed by atoms with Gasteiger partial charge in [-0.15, -0.1) is 10.2 Å². The Morgan fingerprint density at radius 2 is 2.12 bits per heavy atom. The molecule has 12 heteroatoms. The summed E-state index contributed by atoms with van der Waals surface area (Å²) in [6, 6.07) is 7.63. The standard InChI is InChI=1S/C21H23ClN6O4S/c1-14-6-8-26(9-7-14)20-24-25-21(27(20)12-16-3-2-10-32-16)33-13-19(29)23-18-5-4-15(28(30)31)11-17(18)22/h2-5,10-11,14H,6-9,12-13H2,1H3,(H,23,29). The van der Waals surface area contributed by atoms with Crippen molar-refractivity contribution in [2.75, 3.05) is 29.1 Å². The Hall–Kier alpha value is -3.05. The Kier molecular flexibility index (Phi) is 7.19. The Morgan fingerprint density at radius 3 is 2.79 bits per heavy atom. The van der Waals surface area contributed by atoms with Gasteiger partial charge >= 0.3 is 0 Å². The number of non-ortho nitro benzene ring substituents is 1. The second-order valence-electron chi connectivity index (χ2n) is 7.88. The summed E-state index contributed by atoms with van der Waals surface area (Å²) in [4.78, 5) is 25.1. The summed E-state index contributed by atoms with van der Waals surface area (Å²) in [6.45, 7) is 4.52. The molecular weight excluding hydrogens is 468 g/mol. The van der Waals surface area contributed by atoms with Crippen LogP contribution in [0.15, 0.2) is 46.2 Å². The highest BCUT2D eigenvalue weighted by molar-refractivity contribution is 7.99. The topological polar surface area (TPSA) is 119 Å². The van der Waals surface area contributed by atoms with Crippen LogP contribution < -0.4 is 10.2 Å². The number of benzene rings is 1. The summed E-state index contributed by atoms with van der Waals surface area (Å²) in [5.74, 6) is 1.98. The predicted molar refractivity (Wildman–Crippen MR) is 126 cm³/mol. The van der Waals surface area contributed by atoms with E-state index in [4.69, 9.17) is 16.0 Å². The van der Waals surface area contributed by atoms with E-state index in [0.29, 0.717) is 23.3 Å². The SMILES string of the molecule is CC1CCN(c2nnc(SCC(=O)Nc3ccc([N+](=O)[O-])cc3Cl)n2Cc2ccco2)CC1. The molecule has 10 nitrogen and oxygen atoms in total. The quantitative estimate of drug-likeness (QED) is 0.279. The smallest absolute Gasteiger partial charge is 0.271 e. The number of nitrogens with one attached hydrogen (secondary N) is 1. The summed E-state index contributed by atoms with van der Waals surface area (Å²) in [5, 5.41) is 23.0. The van der Waals surface area contributed by atoms with E-state index in [1.165, 1.54) is 30.0 Å². The van der Waals surface area contributed by atoms with Crippen molar-refractivity contribution in [3.05, 3.63) is 57.5 Å². The predicted octanol–water partition coefficient (Wildman–Crippen LogP) is 4.45. The molecule has 0 atom stereocenters. The van der Waals surface area contributed by atoms with Crippen LogP contribution in [0.1, 0.15) is 25.5 Å². The molecule has 0 saturated carbocycles. The highest BCUT2D eigenvalue weighted by Gasteiger charge is 2.24. The number of nitrogens with zero attached hydrogens (tertiary/aromatic N) is 5. The molecule has 1 saturated heterocycles. The second-order valence-corrected chi connectivity index (χ2v) is 9.23. The van der Waals surface area contributed by atoms with Gasteiger partial charge < -0.3 is 14.6 Å². The molecule has 0 radical (unpaired) electrons. The molecule has 1 fully saturated rings. The summed E-state index contributed by atoms with van der Waals surface area (Å²) < 4.78 is 7.48. The number of hydrogen-bond donors (Lipinski definition) is 1. The van der Waals surface area contributed by atoms with Crippen LogP contribution in [0, 0.1) is 16.0 Å². The first-order valence-electron chi connectivity index (χ1n) is 10.5. The third-order valence-corrected chi connectivity index (χ3v) is 6.71. The molecule has 1 aliphatic heterocycles. The van der Waals surface area contributed by atoms with Crippen LogP contribution in [-0.4, -0.2) is 44.4 Å².